The Hall–Kier alpha value is -1.56. The van der Waals surface area contributed by atoms with Crippen molar-refractivity contribution in [2.24, 2.45) is 7.05 Å². The predicted molar refractivity (Wildman–Crippen MR) is 105 cm³/mol. The molecule has 0 amide bonds. The van der Waals surface area contributed by atoms with E-state index >= 15 is 0 Å². The van der Waals surface area contributed by atoms with Gasteiger partial charge in [0.15, 0.2) is 0 Å². The first kappa shape index (κ1) is 17.8. The number of hydrogen-bond acceptors (Lipinski definition) is 0. The number of aromatic nitrogens is 2. The number of imidazole rings is 1. The van der Waals surface area contributed by atoms with Crippen molar-refractivity contribution in [1.29, 1.82) is 0 Å². The van der Waals surface area contributed by atoms with Gasteiger partial charge in [0, 0.05) is 0 Å². The molecule has 5 heteroatoms. The number of aryl methyl sites for hydroxylation is 1. The topological polar surface area (TPSA) is 8.81 Å². The van der Waals surface area contributed by atoms with E-state index in [4.69, 9.17) is 23.2 Å². The molecule has 0 saturated heterocycles. The highest BCUT2D eigenvalue weighted by atomic mass is 127. The molecule has 0 atom stereocenters. The average Bonchev–Trinajstić information content (AvgIpc) is 2.86. The molecule has 0 aliphatic heterocycles. The fourth-order valence-corrected chi connectivity index (χ4v) is 4.18. The third-order valence-corrected chi connectivity index (χ3v) is 5.86. The molecule has 0 spiro atoms. The summed E-state index contributed by atoms with van der Waals surface area (Å²) in [5.41, 5.74) is 1.21. The summed E-state index contributed by atoms with van der Waals surface area (Å²) in [6.07, 6.45) is 1.93. The lowest BCUT2D eigenvalue weighted by Crippen LogP contribution is -3.00. The average molecular weight is 493 g/mol. The zero-order valence-electron chi connectivity index (χ0n) is 14.0. The van der Waals surface area contributed by atoms with Gasteiger partial charge >= 0.3 is 0 Å². The van der Waals surface area contributed by atoms with Gasteiger partial charge in [0.2, 0.25) is 6.33 Å². The molecule has 0 unspecified atom stereocenters. The van der Waals surface area contributed by atoms with Crippen LogP contribution in [0.4, 0.5) is 0 Å². The van der Waals surface area contributed by atoms with Crippen LogP contribution in [0.3, 0.4) is 0 Å². The minimum atomic E-state index is 0. The predicted octanol–water partition coefficient (Wildman–Crippen LogP) is 2.57. The third kappa shape index (κ3) is 2.65. The van der Waals surface area contributed by atoms with Gasteiger partial charge in [-0.15, -0.1) is 0 Å². The normalized spacial score (nSPS) is 11.5. The highest BCUT2D eigenvalue weighted by molar-refractivity contribution is 6.39. The molecular formula is C21H15Cl2IN2. The van der Waals surface area contributed by atoms with Crippen molar-refractivity contribution in [2.75, 3.05) is 0 Å². The van der Waals surface area contributed by atoms with Gasteiger partial charge in [0.1, 0.15) is 6.54 Å². The van der Waals surface area contributed by atoms with E-state index in [-0.39, 0.29) is 24.0 Å². The fraction of sp³-hybridized carbons (Fsp3) is 0.0952. The van der Waals surface area contributed by atoms with Crippen molar-refractivity contribution in [3.63, 3.8) is 0 Å². The summed E-state index contributed by atoms with van der Waals surface area (Å²) in [6, 6.07) is 19.8. The summed E-state index contributed by atoms with van der Waals surface area (Å²) in [5.74, 6) is 0. The fourth-order valence-electron chi connectivity index (χ4n) is 3.79. The maximum Gasteiger partial charge on any atom is 0.255 e. The van der Waals surface area contributed by atoms with Crippen LogP contribution in [0.2, 0.25) is 10.3 Å². The minimum Gasteiger partial charge on any atom is -1.00 e. The van der Waals surface area contributed by atoms with E-state index < -0.39 is 0 Å². The number of halogens is 3. The molecule has 5 rings (SSSR count). The second-order valence-corrected chi connectivity index (χ2v) is 7.28. The molecule has 0 aliphatic carbocycles. The van der Waals surface area contributed by atoms with Crippen molar-refractivity contribution in [2.45, 2.75) is 6.54 Å². The molecule has 0 bridgehead atoms. The molecule has 1 aromatic heterocycles. The molecule has 0 N–H and O–H groups in total. The third-order valence-electron chi connectivity index (χ3n) is 4.92. The first-order valence-electron chi connectivity index (χ1n) is 8.18. The zero-order chi connectivity index (χ0) is 17.1. The Balaban J connectivity index is 0.00000168. The summed E-state index contributed by atoms with van der Waals surface area (Å²) in [7, 11) is 1.89. The van der Waals surface area contributed by atoms with Gasteiger partial charge < -0.3 is 24.0 Å². The maximum absolute atomic E-state index is 6.34. The summed E-state index contributed by atoms with van der Waals surface area (Å²) in [4.78, 5) is 0. The summed E-state index contributed by atoms with van der Waals surface area (Å²) < 4.78 is 3.80. The van der Waals surface area contributed by atoms with Gasteiger partial charge in [-0.25, -0.2) is 9.13 Å². The molecule has 2 nitrogen and oxygen atoms in total. The number of rotatable bonds is 2. The van der Waals surface area contributed by atoms with Crippen LogP contribution in [0, 0.1) is 0 Å². The Morgan fingerprint density at radius 1 is 0.846 bits per heavy atom. The summed E-state index contributed by atoms with van der Waals surface area (Å²) in [6.45, 7) is 0.690. The van der Waals surface area contributed by atoms with Crippen LogP contribution in [-0.4, -0.2) is 4.57 Å². The second-order valence-electron chi connectivity index (χ2n) is 6.56. The number of benzene rings is 4. The molecular weight excluding hydrogens is 478 g/mol. The lowest BCUT2D eigenvalue weighted by atomic mass is 9.93. The van der Waals surface area contributed by atoms with E-state index in [2.05, 4.69) is 54.6 Å². The van der Waals surface area contributed by atoms with Crippen molar-refractivity contribution in [3.8, 4) is 0 Å². The lowest BCUT2D eigenvalue weighted by Gasteiger charge is -2.12. The van der Waals surface area contributed by atoms with Gasteiger partial charge in [0.25, 0.3) is 10.3 Å². The van der Waals surface area contributed by atoms with Crippen molar-refractivity contribution in [1.82, 2.24) is 4.57 Å². The van der Waals surface area contributed by atoms with Gasteiger partial charge in [-0.2, -0.15) is 0 Å². The Morgan fingerprint density at radius 2 is 1.38 bits per heavy atom. The van der Waals surface area contributed by atoms with Gasteiger partial charge in [-0.05, 0) is 73.2 Å². The largest absolute Gasteiger partial charge is 1.00 e. The first-order chi connectivity index (χ1) is 12.1. The van der Waals surface area contributed by atoms with E-state index in [9.17, 15) is 0 Å². The molecule has 130 valence electrons. The van der Waals surface area contributed by atoms with E-state index in [0.29, 0.717) is 16.9 Å². The van der Waals surface area contributed by atoms with Crippen LogP contribution in [0.5, 0.6) is 0 Å². The van der Waals surface area contributed by atoms with Crippen molar-refractivity contribution in [3.05, 3.63) is 76.8 Å². The summed E-state index contributed by atoms with van der Waals surface area (Å²) in [5, 5.41) is 8.89. The van der Waals surface area contributed by atoms with E-state index in [0.717, 1.165) is 0 Å². The van der Waals surface area contributed by atoms with E-state index in [1.54, 1.807) is 0 Å². The highest BCUT2D eigenvalue weighted by Crippen LogP contribution is 2.35. The Labute approximate surface area is 178 Å². The molecule has 0 fully saturated rings. The monoisotopic (exact) mass is 492 g/mol. The van der Waals surface area contributed by atoms with Crippen LogP contribution in [-0.2, 0) is 13.6 Å². The van der Waals surface area contributed by atoms with Crippen LogP contribution in [0.15, 0.2) is 60.9 Å². The molecule has 5 aromatic rings. The van der Waals surface area contributed by atoms with Crippen LogP contribution >= 0.6 is 23.2 Å². The van der Waals surface area contributed by atoms with Crippen LogP contribution in [0.25, 0.3) is 32.3 Å². The minimum absolute atomic E-state index is 0. The Kier molecular flexibility index (Phi) is 4.49. The Morgan fingerprint density at radius 3 is 1.92 bits per heavy atom. The molecule has 0 saturated carbocycles. The standard InChI is InChI=1S/C21H15Cl2N2.HI/c1-24-12-25(21(23)20(24)22)11-13-9-16-7-5-14-3-2-4-15-6-8-17(10-13)19(16)18(14)15;/h2-10,12H,11H2,1H3;1H/q+1;/p-1. The van der Waals surface area contributed by atoms with Gasteiger partial charge in [-0.1, -0.05) is 42.5 Å². The molecule has 0 radical (unpaired) electrons. The van der Waals surface area contributed by atoms with Gasteiger partial charge in [0.05, 0.1) is 7.05 Å². The second kappa shape index (κ2) is 6.55. The van der Waals surface area contributed by atoms with Gasteiger partial charge in [-0.3, -0.25) is 0 Å². The molecule has 0 aliphatic rings. The van der Waals surface area contributed by atoms with E-state index in [1.807, 2.05) is 22.5 Å². The number of nitrogens with zero attached hydrogens (tertiary/aromatic N) is 2. The highest BCUT2D eigenvalue weighted by Gasteiger charge is 2.18. The zero-order valence-corrected chi connectivity index (χ0v) is 17.7. The smallest absolute Gasteiger partial charge is 0.255 e. The maximum atomic E-state index is 6.34. The summed E-state index contributed by atoms with van der Waals surface area (Å²) >= 11 is 12.5. The van der Waals surface area contributed by atoms with Crippen LogP contribution < -0.4 is 28.5 Å². The quantitative estimate of drug-likeness (QED) is 0.203. The Bertz CT molecular complexity index is 1200. The molecule has 26 heavy (non-hydrogen) atoms. The molecule has 4 aromatic carbocycles. The molecule has 1 heterocycles. The first-order valence-corrected chi connectivity index (χ1v) is 8.93. The SMILES string of the molecule is Cn1c[n+](Cc2cc3ccc4cccc5ccc(c2)c3c45)c(Cl)c1Cl.[I-]. The van der Waals surface area contributed by atoms with Crippen LogP contribution in [0.1, 0.15) is 5.56 Å². The van der Waals surface area contributed by atoms with Crippen molar-refractivity contribution < 1.29 is 28.5 Å². The van der Waals surface area contributed by atoms with E-state index in [1.165, 1.54) is 37.9 Å². The lowest BCUT2D eigenvalue weighted by molar-refractivity contribution is -0.685. The number of hydrogen-bond donors (Lipinski definition) is 0. The van der Waals surface area contributed by atoms with Crippen molar-refractivity contribution >= 4 is 55.5 Å².